The highest BCUT2D eigenvalue weighted by atomic mass is 16.5. The van der Waals surface area contributed by atoms with E-state index in [0.717, 1.165) is 6.42 Å². The number of nitrogens with zero attached hydrogens (tertiary/aromatic N) is 1. The zero-order valence-corrected chi connectivity index (χ0v) is 11.1. The van der Waals surface area contributed by atoms with Crippen molar-refractivity contribution in [2.45, 2.75) is 45.6 Å². The largest absolute Gasteiger partial charge is 0.460 e. The third-order valence-corrected chi connectivity index (χ3v) is 3.20. The fraction of sp³-hybridized carbons (Fsp3) is 0.692. The number of ether oxygens (including phenoxy) is 2. The quantitative estimate of drug-likeness (QED) is 0.770. The molecule has 100 valence electrons. The summed E-state index contributed by atoms with van der Waals surface area (Å²) in [6, 6.07) is 0. The summed E-state index contributed by atoms with van der Waals surface area (Å²) < 4.78 is 16.1. The lowest BCUT2D eigenvalue weighted by molar-refractivity contribution is 0.0483. The molecule has 2 atom stereocenters. The first-order chi connectivity index (χ1) is 8.67. The Bertz CT molecular complexity index is 427. The van der Waals surface area contributed by atoms with E-state index in [0.29, 0.717) is 31.2 Å². The minimum absolute atomic E-state index is 0.0865. The number of rotatable bonds is 4. The van der Waals surface area contributed by atoms with Crippen molar-refractivity contribution in [1.82, 2.24) is 4.98 Å². The zero-order chi connectivity index (χ0) is 13.1. The second kappa shape index (κ2) is 5.52. The van der Waals surface area contributed by atoms with E-state index < -0.39 is 5.97 Å². The Morgan fingerprint density at radius 2 is 2.28 bits per heavy atom. The highest BCUT2D eigenvalue weighted by molar-refractivity contribution is 5.87. The molecule has 1 saturated heterocycles. The molecule has 0 aromatic carbocycles. The van der Waals surface area contributed by atoms with Crippen molar-refractivity contribution < 1.29 is 18.7 Å². The van der Waals surface area contributed by atoms with Crippen molar-refractivity contribution in [3.05, 3.63) is 17.3 Å². The maximum atomic E-state index is 11.7. The van der Waals surface area contributed by atoms with Gasteiger partial charge in [0.05, 0.1) is 24.3 Å². The predicted molar refractivity (Wildman–Crippen MR) is 64.6 cm³/mol. The molecular formula is C13H19NO4. The van der Waals surface area contributed by atoms with E-state index >= 15 is 0 Å². The Morgan fingerprint density at radius 3 is 2.83 bits per heavy atom. The van der Waals surface area contributed by atoms with E-state index in [1.165, 1.54) is 0 Å². The summed E-state index contributed by atoms with van der Waals surface area (Å²) in [6.07, 6.45) is 1.62. The molecule has 0 saturated carbocycles. The Morgan fingerprint density at radius 1 is 1.50 bits per heavy atom. The molecule has 0 radical (unpaired) electrons. The van der Waals surface area contributed by atoms with Crippen LogP contribution in [-0.4, -0.2) is 30.3 Å². The van der Waals surface area contributed by atoms with Gasteiger partial charge in [0.1, 0.15) is 0 Å². The molecule has 2 unspecified atom stereocenters. The maximum absolute atomic E-state index is 11.7. The van der Waals surface area contributed by atoms with Gasteiger partial charge in [-0.3, -0.25) is 0 Å². The van der Waals surface area contributed by atoms with Crippen LogP contribution < -0.4 is 0 Å². The van der Waals surface area contributed by atoms with Crippen LogP contribution in [0.15, 0.2) is 4.42 Å². The Kier molecular flexibility index (Phi) is 4.01. The Labute approximate surface area is 106 Å². The van der Waals surface area contributed by atoms with Crippen molar-refractivity contribution in [3.8, 4) is 0 Å². The van der Waals surface area contributed by atoms with Crippen LogP contribution in [0.2, 0.25) is 0 Å². The van der Waals surface area contributed by atoms with E-state index in [2.05, 4.69) is 4.98 Å². The minimum Gasteiger partial charge on any atom is -0.460 e. The van der Waals surface area contributed by atoms with E-state index in [9.17, 15) is 4.79 Å². The molecule has 0 aliphatic carbocycles. The standard InChI is InChI=1S/C13H19NO4/c1-4-10-11(13(15)16-5-2)18-12(14-10)9-6-7-17-8(9)3/h8-9H,4-7H2,1-3H3. The fourth-order valence-electron chi connectivity index (χ4n) is 2.18. The molecule has 5 heteroatoms. The normalized spacial score (nSPS) is 23.3. The highest BCUT2D eigenvalue weighted by Gasteiger charge is 2.32. The average Bonchev–Trinajstić information content (AvgIpc) is 2.94. The summed E-state index contributed by atoms with van der Waals surface area (Å²) in [6.45, 7) is 6.76. The number of hydrogen-bond acceptors (Lipinski definition) is 5. The SMILES string of the molecule is CCOC(=O)c1oc(C2CCOC2C)nc1CC. The van der Waals surface area contributed by atoms with Crippen molar-refractivity contribution in [1.29, 1.82) is 0 Å². The molecular weight excluding hydrogens is 234 g/mol. The lowest BCUT2D eigenvalue weighted by Gasteiger charge is -2.08. The van der Waals surface area contributed by atoms with Gasteiger partial charge in [-0.2, -0.15) is 0 Å². The van der Waals surface area contributed by atoms with Crippen molar-refractivity contribution in [3.63, 3.8) is 0 Å². The molecule has 0 bridgehead atoms. The summed E-state index contributed by atoms with van der Waals surface area (Å²) in [5.74, 6) is 0.548. The summed E-state index contributed by atoms with van der Waals surface area (Å²) in [5, 5.41) is 0. The summed E-state index contributed by atoms with van der Waals surface area (Å²) in [7, 11) is 0. The van der Waals surface area contributed by atoms with Crippen LogP contribution in [0, 0.1) is 0 Å². The predicted octanol–water partition coefficient (Wildman–Crippen LogP) is 2.31. The lowest BCUT2D eigenvalue weighted by atomic mass is 10.0. The van der Waals surface area contributed by atoms with Gasteiger partial charge in [-0.15, -0.1) is 0 Å². The van der Waals surface area contributed by atoms with Gasteiger partial charge in [0.2, 0.25) is 11.7 Å². The third kappa shape index (κ3) is 2.41. The molecule has 1 aromatic rings. The second-order valence-corrected chi connectivity index (χ2v) is 4.37. The fourth-order valence-corrected chi connectivity index (χ4v) is 2.18. The first kappa shape index (κ1) is 13.1. The van der Waals surface area contributed by atoms with E-state index in [-0.39, 0.29) is 17.8 Å². The Balaban J connectivity index is 2.25. The van der Waals surface area contributed by atoms with Gasteiger partial charge in [0.25, 0.3) is 0 Å². The molecule has 0 amide bonds. The zero-order valence-electron chi connectivity index (χ0n) is 11.1. The lowest BCUT2D eigenvalue weighted by Crippen LogP contribution is -2.09. The molecule has 1 fully saturated rings. The molecule has 0 spiro atoms. The monoisotopic (exact) mass is 253 g/mol. The van der Waals surface area contributed by atoms with Crippen LogP contribution in [0.25, 0.3) is 0 Å². The molecule has 1 aliphatic rings. The van der Waals surface area contributed by atoms with Crippen LogP contribution in [0.1, 0.15) is 55.2 Å². The smallest absolute Gasteiger partial charge is 0.376 e. The minimum atomic E-state index is -0.431. The number of esters is 1. The van der Waals surface area contributed by atoms with Gasteiger partial charge in [-0.25, -0.2) is 9.78 Å². The van der Waals surface area contributed by atoms with Crippen molar-refractivity contribution >= 4 is 5.97 Å². The second-order valence-electron chi connectivity index (χ2n) is 4.37. The van der Waals surface area contributed by atoms with Crippen LogP contribution >= 0.6 is 0 Å². The van der Waals surface area contributed by atoms with Crippen LogP contribution in [-0.2, 0) is 15.9 Å². The van der Waals surface area contributed by atoms with Gasteiger partial charge < -0.3 is 13.9 Å². The highest BCUT2D eigenvalue weighted by Crippen LogP contribution is 2.31. The summed E-state index contributed by atoms with van der Waals surface area (Å²) in [4.78, 5) is 16.2. The summed E-state index contributed by atoms with van der Waals surface area (Å²) >= 11 is 0. The van der Waals surface area contributed by atoms with Crippen LogP contribution in [0.4, 0.5) is 0 Å². The number of carbonyl (C=O) groups excluding carboxylic acids is 1. The topological polar surface area (TPSA) is 61.6 Å². The molecule has 1 aliphatic heterocycles. The maximum Gasteiger partial charge on any atom is 0.376 e. The average molecular weight is 253 g/mol. The van der Waals surface area contributed by atoms with Gasteiger partial charge >= 0.3 is 5.97 Å². The first-order valence-corrected chi connectivity index (χ1v) is 6.45. The van der Waals surface area contributed by atoms with Gasteiger partial charge in [0, 0.05) is 6.61 Å². The van der Waals surface area contributed by atoms with E-state index in [1.807, 2.05) is 13.8 Å². The van der Waals surface area contributed by atoms with Crippen molar-refractivity contribution in [2.75, 3.05) is 13.2 Å². The van der Waals surface area contributed by atoms with Gasteiger partial charge in [-0.05, 0) is 26.7 Å². The van der Waals surface area contributed by atoms with E-state index in [1.54, 1.807) is 6.92 Å². The van der Waals surface area contributed by atoms with Crippen LogP contribution in [0.3, 0.4) is 0 Å². The number of aryl methyl sites for hydroxylation is 1. The molecule has 2 heterocycles. The number of carbonyl (C=O) groups is 1. The number of hydrogen-bond donors (Lipinski definition) is 0. The molecule has 5 nitrogen and oxygen atoms in total. The number of aromatic nitrogens is 1. The third-order valence-electron chi connectivity index (χ3n) is 3.20. The molecule has 0 N–H and O–H groups in total. The molecule has 18 heavy (non-hydrogen) atoms. The molecule has 1 aromatic heterocycles. The van der Waals surface area contributed by atoms with Crippen LogP contribution in [0.5, 0.6) is 0 Å². The van der Waals surface area contributed by atoms with Gasteiger partial charge in [0.15, 0.2) is 0 Å². The number of oxazole rings is 1. The Hall–Kier alpha value is -1.36. The van der Waals surface area contributed by atoms with E-state index in [4.69, 9.17) is 13.9 Å². The first-order valence-electron chi connectivity index (χ1n) is 6.45. The summed E-state index contributed by atoms with van der Waals surface area (Å²) in [5.41, 5.74) is 0.669. The molecule has 2 rings (SSSR count). The van der Waals surface area contributed by atoms with Crippen molar-refractivity contribution in [2.24, 2.45) is 0 Å². The van der Waals surface area contributed by atoms with Gasteiger partial charge in [-0.1, -0.05) is 6.92 Å².